The second-order valence-corrected chi connectivity index (χ2v) is 5.84. The highest BCUT2D eigenvalue weighted by Gasteiger charge is 2.09. The van der Waals surface area contributed by atoms with Crippen molar-refractivity contribution in [1.82, 2.24) is 20.8 Å². The van der Waals surface area contributed by atoms with Crippen LogP contribution in [0.2, 0.25) is 0 Å². The molecule has 0 fully saturated rings. The highest BCUT2D eigenvalue weighted by molar-refractivity contribution is 5.98. The average Bonchev–Trinajstić information content (AvgIpc) is 2.71. The van der Waals surface area contributed by atoms with E-state index in [4.69, 9.17) is 0 Å². The predicted octanol–water partition coefficient (Wildman–Crippen LogP) is 3.69. The third-order valence-corrected chi connectivity index (χ3v) is 4.17. The van der Waals surface area contributed by atoms with Crippen LogP contribution in [0.4, 0.5) is 0 Å². The van der Waals surface area contributed by atoms with Crippen molar-refractivity contribution in [1.29, 1.82) is 0 Å². The van der Waals surface area contributed by atoms with Crippen LogP contribution >= 0.6 is 0 Å². The Hall–Kier alpha value is -3.73. The second-order valence-electron chi connectivity index (χ2n) is 5.84. The number of hydrogen-bond donors (Lipinski definition) is 2. The van der Waals surface area contributed by atoms with Crippen LogP contribution in [0.1, 0.15) is 15.9 Å². The number of nitrogens with one attached hydrogen (secondary N) is 2. The van der Waals surface area contributed by atoms with Gasteiger partial charge in [0.05, 0.1) is 16.7 Å². The van der Waals surface area contributed by atoms with Crippen molar-refractivity contribution in [2.75, 3.05) is 0 Å². The SMILES string of the molecule is C=C(NNC(=O)c1ccc2nccnc2c1)c1cccc2ccccc12. The number of aromatic nitrogens is 2. The summed E-state index contributed by atoms with van der Waals surface area (Å²) in [5.41, 5.74) is 9.07. The highest BCUT2D eigenvalue weighted by Crippen LogP contribution is 2.22. The van der Waals surface area contributed by atoms with Crippen LogP contribution in [0.25, 0.3) is 27.5 Å². The molecule has 3 aromatic carbocycles. The third-order valence-electron chi connectivity index (χ3n) is 4.17. The van der Waals surface area contributed by atoms with Crippen molar-refractivity contribution < 1.29 is 4.79 Å². The van der Waals surface area contributed by atoms with Gasteiger partial charge in [-0.3, -0.25) is 25.6 Å². The molecule has 0 aliphatic heterocycles. The fourth-order valence-corrected chi connectivity index (χ4v) is 2.86. The van der Waals surface area contributed by atoms with E-state index in [1.165, 1.54) is 0 Å². The van der Waals surface area contributed by atoms with E-state index in [0.717, 1.165) is 21.9 Å². The molecule has 0 saturated carbocycles. The molecule has 5 nitrogen and oxygen atoms in total. The van der Waals surface area contributed by atoms with Gasteiger partial charge in [-0.15, -0.1) is 0 Å². The Labute approximate surface area is 150 Å². The molecule has 4 aromatic rings. The molecule has 1 heterocycles. The van der Waals surface area contributed by atoms with Gasteiger partial charge in [-0.1, -0.05) is 49.0 Å². The summed E-state index contributed by atoms with van der Waals surface area (Å²) in [6.45, 7) is 4.04. The van der Waals surface area contributed by atoms with Crippen molar-refractivity contribution in [3.05, 3.63) is 90.8 Å². The van der Waals surface area contributed by atoms with E-state index in [0.29, 0.717) is 16.8 Å². The summed E-state index contributed by atoms with van der Waals surface area (Å²) in [6, 6.07) is 19.2. The van der Waals surface area contributed by atoms with Crippen LogP contribution in [0.3, 0.4) is 0 Å². The molecule has 0 unspecified atom stereocenters. The van der Waals surface area contributed by atoms with E-state index in [9.17, 15) is 4.79 Å². The van der Waals surface area contributed by atoms with Crippen LogP contribution < -0.4 is 10.9 Å². The van der Waals surface area contributed by atoms with Gasteiger partial charge in [-0.25, -0.2) is 0 Å². The van der Waals surface area contributed by atoms with Gasteiger partial charge in [-0.2, -0.15) is 0 Å². The largest absolute Gasteiger partial charge is 0.298 e. The standard InChI is InChI=1S/C21H16N4O/c1-14(17-8-4-6-15-5-2-3-7-18(15)17)24-25-21(26)16-9-10-19-20(13-16)23-12-11-22-19/h2-13,24H,1H2,(H,25,26). The lowest BCUT2D eigenvalue weighted by Crippen LogP contribution is -2.35. The molecule has 5 heteroatoms. The zero-order chi connectivity index (χ0) is 17.9. The van der Waals surface area contributed by atoms with Gasteiger partial charge < -0.3 is 0 Å². The first-order chi connectivity index (χ1) is 12.7. The number of amides is 1. The lowest BCUT2D eigenvalue weighted by molar-refractivity contribution is 0.0942. The Morgan fingerprint density at radius 3 is 2.50 bits per heavy atom. The molecule has 126 valence electrons. The summed E-state index contributed by atoms with van der Waals surface area (Å²) < 4.78 is 0. The summed E-state index contributed by atoms with van der Waals surface area (Å²) in [7, 11) is 0. The van der Waals surface area contributed by atoms with Crippen molar-refractivity contribution in [2.45, 2.75) is 0 Å². The number of nitrogens with zero attached hydrogens (tertiary/aromatic N) is 2. The van der Waals surface area contributed by atoms with Gasteiger partial charge in [0.25, 0.3) is 5.91 Å². The quantitative estimate of drug-likeness (QED) is 0.556. The van der Waals surface area contributed by atoms with Gasteiger partial charge >= 0.3 is 0 Å². The van der Waals surface area contributed by atoms with Gasteiger partial charge in [0.2, 0.25) is 0 Å². The molecule has 0 aliphatic rings. The zero-order valence-electron chi connectivity index (χ0n) is 13.9. The lowest BCUT2D eigenvalue weighted by Gasteiger charge is -2.13. The minimum Gasteiger partial charge on any atom is -0.298 e. The van der Waals surface area contributed by atoms with Gasteiger partial charge in [0, 0.05) is 23.5 Å². The summed E-state index contributed by atoms with van der Waals surface area (Å²) in [6.07, 6.45) is 3.22. The fourth-order valence-electron chi connectivity index (χ4n) is 2.86. The molecule has 26 heavy (non-hydrogen) atoms. The number of rotatable bonds is 4. The van der Waals surface area contributed by atoms with E-state index in [1.54, 1.807) is 30.6 Å². The monoisotopic (exact) mass is 340 g/mol. The molecule has 2 N–H and O–H groups in total. The molecule has 0 spiro atoms. The van der Waals surface area contributed by atoms with E-state index in [2.05, 4.69) is 27.4 Å². The Balaban J connectivity index is 1.52. The van der Waals surface area contributed by atoms with Crippen LogP contribution in [0.15, 0.2) is 79.6 Å². The molecular formula is C21H16N4O. The van der Waals surface area contributed by atoms with Crippen molar-refractivity contribution in [2.24, 2.45) is 0 Å². The topological polar surface area (TPSA) is 66.9 Å². The summed E-state index contributed by atoms with van der Waals surface area (Å²) in [4.78, 5) is 20.8. The predicted molar refractivity (Wildman–Crippen MR) is 103 cm³/mol. The molecule has 1 amide bonds. The third kappa shape index (κ3) is 2.98. The first-order valence-electron chi connectivity index (χ1n) is 8.16. The number of hydrazine groups is 1. The van der Waals surface area contributed by atoms with Gasteiger partial charge in [0.15, 0.2) is 0 Å². The fraction of sp³-hybridized carbons (Fsp3) is 0. The second kappa shape index (κ2) is 6.64. The van der Waals surface area contributed by atoms with E-state index in [1.807, 2.05) is 42.5 Å². The van der Waals surface area contributed by atoms with Crippen LogP contribution in [0.5, 0.6) is 0 Å². The van der Waals surface area contributed by atoms with Crippen LogP contribution in [-0.4, -0.2) is 15.9 Å². The van der Waals surface area contributed by atoms with Crippen LogP contribution in [0, 0.1) is 0 Å². The van der Waals surface area contributed by atoms with Crippen molar-refractivity contribution >= 4 is 33.4 Å². The maximum Gasteiger partial charge on any atom is 0.269 e. The number of hydrogen-bond acceptors (Lipinski definition) is 4. The maximum atomic E-state index is 12.4. The molecule has 4 rings (SSSR count). The van der Waals surface area contributed by atoms with Crippen molar-refractivity contribution in [3.8, 4) is 0 Å². The van der Waals surface area contributed by atoms with Crippen molar-refractivity contribution in [3.63, 3.8) is 0 Å². The van der Waals surface area contributed by atoms with Gasteiger partial charge in [-0.05, 0) is 29.0 Å². The van der Waals surface area contributed by atoms with Crippen LogP contribution in [-0.2, 0) is 0 Å². The zero-order valence-corrected chi connectivity index (χ0v) is 13.9. The molecule has 0 radical (unpaired) electrons. The Morgan fingerprint density at radius 1 is 0.846 bits per heavy atom. The first kappa shape index (κ1) is 15.8. The van der Waals surface area contributed by atoms with E-state index in [-0.39, 0.29) is 5.91 Å². The Bertz CT molecular complexity index is 1130. The van der Waals surface area contributed by atoms with E-state index < -0.39 is 0 Å². The Morgan fingerprint density at radius 2 is 1.62 bits per heavy atom. The van der Waals surface area contributed by atoms with E-state index >= 15 is 0 Å². The molecule has 0 aliphatic carbocycles. The smallest absolute Gasteiger partial charge is 0.269 e. The lowest BCUT2D eigenvalue weighted by atomic mass is 10.0. The van der Waals surface area contributed by atoms with Gasteiger partial charge in [0.1, 0.15) is 0 Å². The normalized spacial score (nSPS) is 10.6. The molecule has 1 aromatic heterocycles. The molecule has 0 saturated heterocycles. The summed E-state index contributed by atoms with van der Waals surface area (Å²) in [5, 5.41) is 2.19. The minimum atomic E-state index is -0.265. The molecule has 0 atom stereocenters. The molecular weight excluding hydrogens is 324 g/mol. The first-order valence-corrected chi connectivity index (χ1v) is 8.16. The number of fused-ring (bicyclic) bond motifs is 2. The number of carbonyl (C=O) groups is 1. The average molecular weight is 340 g/mol. The Kier molecular flexibility index (Phi) is 4.03. The molecule has 0 bridgehead atoms. The maximum absolute atomic E-state index is 12.4. The summed E-state index contributed by atoms with van der Waals surface area (Å²) >= 11 is 0. The number of carbonyl (C=O) groups excluding carboxylic acids is 1. The minimum absolute atomic E-state index is 0.265. The number of benzene rings is 3. The summed E-state index contributed by atoms with van der Waals surface area (Å²) in [5.74, 6) is -0.265. The highest BCUT2D eigenvalue weighted by atomic mass is 16.2.